The standard InChI is InChI=1S/C11H15ClN2O2S/c1-2-17(16)6-5-14-11(15)9-4-3-8(13)7-10(9)12/h3-4,7H,2,5-6,13H2,1H3,(H,14,15). The molecule has 0 radical (unpaired) electrons. The highest BCUT2D eigenvalue weighted by Crippen LogP contribution is 2.18. The number of carbonyl (C=O) groups is 1. The Labute approximate surface area is 108 Å². The number of nitrogens with one attached hydrogen (secondary N) is 1. The number of halogens is 1. The van der Waals surface area contributed by atoms with Crippen LogP contribution in [0.3, 0.4) is 0 Å². The van der Waals surface area contributed by atoms with Crippen LogP contribution in [-0.2, 0) is 10.8 Å². The maximum absolute atomic E-state index is 11.7. The van der Waals surface area contributed by atoms with E-state index in [4.69, 9.17) is 17.3 Å². The zero-order valence-corrected chi connectivity index (χ0v) is 11.1. The van der Waals surface area contributed by atoms with E-state index in [1.807, 2.05) is 6.92 Å². The molecule has 1 aromatic carbocycles. The van der Waals surface area contributed by atoms with Gasteiger partial charge in [0.15, 0.2) is 0 Å². The lowest BCUT2D eigenvalue weighted by Crippen LogP contribution is -2.28. The SMILES string of the molecule is CCS(=O)CCNC(=O)c1ccc(N)cc1Cl. The van der Waals surface area contributed by atoms with E-state index in [1.54, 1.807) is 12.1 Å². The van der Waals surface area contributed by atoms with Gasteiger partial charge in [0.2, 0.25) is 0 Å². The summed E-state index contributed by atoms with van der Waals surface area (Å²) in [6, 6.07) is 4.72. The Bertz CT molecular complexity index is 437. The van der Waals surface area contributed by atoms with E-state index in [9.17, 15) is 9.00 Å². The van der Waals surface area contributed by atoms with E-state index in [0.717, 1.165) is 0 Å². The van der Waals surface area contributed by atoms with E-state index in [0.29, 0.717) is 34.3 Å². The Kier molecular flexibility index (Phi) is 5.44. The molecule has 0 heterocycles. The highest BCUT2D eigenvalue weighted by atomic mass is 35.5. The number of benzene rings is 1. The van der Waals surface area contributed by atoms with Crippen LogP contribution in [0, 0.1) is 0 Å². The summed E-state index contributed by atoms with van der Waals surface area (Å²) in [5, 5.41) is 2.99. The zero-order valence-electron chi connectivity index (χ0n) is 9.53. The summed E-state index contributed by atoms with van der Waals surface area (Å²) >= 11 is 5.89. The molecule has 1 amide bonds. The maximum Gasteiger partial charge on any atom is 0.252 e. The van der Waals surface area contributed by atoms with Crippen LogP contribution in [0.1, 0.15) is 17.3 Å². The molecule has 0 aliphatic rings. The number of carbonyl (C=O) groups excluding carboxylic acids is 1. The summed E-state index contributed by atoms with van der Waals surface area (Å²) in [6.07, 6.45) is 0. The van der Waals surface area contributed by atoms with Gasteiger partial charge in [-0.15, -0.1) is 0 Å². The lowest BCUT2D eigenvalue weighted by molar-refractivity contribution is 0.0956. The minimum Gasteiger partial charge on any atom is -0.399 e. The van der Waals surface area contributed by atoms with Crippen LogP contribution in [0.5, 0.6) is 0 Å². The molecular weight excluding hydrogens is 260 g/mol. The Balaban J connectivity index is 2.55. The first kappa shape index (κ1) is 14.0. The molecule has 1 rings (SSSR count). The smallest absolute Gasteiger partial charge is 0.252 e. The van der Waals surface area contributed by atoms with Crippen LogP contribution < -0.4 is 11.1 Å². The van der Waals surface area contributed by atoms with E-state index in [-0.39, 0.29) is 5.91 Å². The highest BCUT2D eigenvalue weighted by Gasteiger charge is 2.09. The topological polar surface area (TPSA) is 72.2 Å². The maximum atomic E-state index is 11.7. The van der Waals surface area contributed by atoms with Crippen molar-refractivity contribution < 1.29 is 9.00 Å². The third-order valence-corrected chi connectivity index (χ3v) is 3.79. The van der Waals surface area contributed by atoms with Gasteiger partial charge in [-0.1, -0.05) is 18.5 Å². The van der Waals surface area contributed by atoms with Crippen molar-refractivity contribution in [1.29, 1.82) is 0 Å². The van der Waals surface area contributed by atoms with Crippen molar-refractivity contribution in [3.63, 3.8) is 0 Å². The van der Waals surface area contributed by atoms with Gasteiger partial charge in [0.1, 0.15) is 0 Å². The highest BCUT2D eigenvalue weighted by molar-refractivity contribution is 7.84. The van der Waals surface area contributed by atoms with E-state index in [2.05, 4.69) is 5.32 Å². The molecule has 0 fully saturated rings. The van der Waals surface area contributed by atoms with Crippen LogP contribution in [0.2, 0.25) is 5.02 Å². The number of amides is 1. The summed E-state index contributed by atoms with van der Waals surface area (Å²) in [4.78, 5) is 11.7. The third kappa shape index (κ3) is 4.36. The first-order valence-electron chi connectivity index (χ1n) is 5.22. The van der Waals surface area contributed by atoms with Crippen molar-refractivity contribution in [3.8, 4) is 0 Å². The second kappa shape index (κ2) is 6.61. The molecule has 0 aliphatic heterocycles. The summed E-state index contributed by atoms with van der Waals surface area (Å²) < 4.78 is 11.2. The summed E-state index contributed by atoms with van der Waals surface area (Å²) in [5.41, 5.74) is 6.42. The monoisotopic (exact) mass is 274 g/mol. The second-order valence-corrected chi connectivity index (χ2v) is 5.70. The minimum atomic E-state index is -0.877. The molecule has 3 N–H and O–H groups in total. The number of nitrogens with two attached hydrogens (primary N) is 1. The number of hydrogen-bond acceptors (Lipinski definition) is 3. The largest absolute Gasteiger partial charge is 0.399 e. The summed E-state index contributed by atoms with van der Waals surface area (Å²) in [6.45, 7) is 2.22. The molecule has 1 atom stereocenters. The number of nitrogen functional groups attached to an aromatic ring is 1. The fourth-order valence-corrected chi connectivity index (χ4v) is 2.13. The number of anilines is 1. The molecule has 4 nitrogen and oxygen atoms in total. The second-order valence-electron chi connectivity index (χ2n) is 3.43. The third-order valence-electron chi connectivity index (χ3n) is 2.18. The number of rotatable bonds is 5. The van der Waals surface area contributed by atoms with Crippen molar-refractivity contribution in [2.45, 2.75) is 6.92 Å². The van der Waals surface area contributed by atoms with Gasteiger partial charge in [0, 0.05) is 34.5 Å². The van der Waals surface area contributed by atoms with E-state index in [1.165, 1.54) is 6.07 Å². The van der Waals surface area contributed by atoms with E-state index < -0.39 is 10.8 Å². The molecule has 1 aromatic rings. The molecular formula is C11H15ClN2O2S. The predicted octanol–water partition coefficient (Wildman–Crippen LogP) is 1.42. The van der Waals surface area contributed by atoms with Gasteiger partial charge in [-0.3, -0.25) is 9.00 Å². The van der Waals surface area contributed by atoms with Crippen molar-refractivity contribution in [2.24, 2.45) is 0 Å². The molecule has 0 aliphatic carbocycles. The average molecular weight is 275 g/mol. The van der Waals surface area contributed by atoms with Crippen molar-refractivity contribution >= 4 is 34.0 Å². The molecule has 6 heteroatoms. The minimum absolute atomic E-state index is 0.275. The fourth-order valence-electron chi connectivity index (χ4n) is 1.23. The van der Waals surface area contributed by atoms with Gasteiger partial charge < -0.3 is 11.1 Å². The van der Waals surface area contributed by atoms with Crippen LogP contribution in [0.4, 0.5) is 5.69 Å². The van der Waals surface area contributed by atoms with Gasteiger partial charge >= 0.3 is 0 Å². The Morgan fingerprint density at radius 1 is 1.53 bits per heavy atom. The molecule has 94 valence electrons. The molecule has 0 spiro atoms. The predicted molar refractivity (Wildman–Crippen MR) is 71.7 cm³/mol. The van der Waals surface area contributed by atoms with Crippen molar-refractivity contribution in [2.75, 3.05) is 23.8 Å². The van der Waals surface area contributed by atoms with Gasteiger partial charge in [0.05, 0.1) is 10.6 Å². The lowest BCUT2D eigenvalue weighted by atomic mass is 10.2. The van der Waals surface area contributed by atoms with Crippen molar-refractivity contribution in [3.05, 3.63) is 28.8 Å². The van der Waals surface area contributed by atoms with Gasteiger partial charge in [-0.2, -0.15) is 0 Å². The fraction of sp³-hybridized carbons (Fsp3) is 0.364. The Hall–Kier alpha value is -1.07. The molecule has 0 aromatic heterocycles. The van der Waals surface area contributed by atoms with E-state index >= 15 is 0 Å². The number of hydrogen-bond donors (Lipinski definition) is 2. The Morgan fingerprint density at radius 3 is 2.82 bits per heavy atom. The average Bonchev–Trinajstić information content (AvgIpc) is 2.28. The van der Waals surface area contributed by atoms with Gasteiger partial charge in [-0.05, 0) is 18.2 Å². The van der Waals surface area contributed by atoms with Crippen LogP contribution in [0.25, 0.3) is 0 Å². The molecule has 1 unspecified atom stereocenters. The first-order valence-corrected chi connectivity index (χ1v) is 7.09. The molecule has 0 saturated carbocycles. The molecule has 0 bridgehead atoms. The van der Waals surface area contributed by atoms with Gasteiger partial charge in [-0.25, -0.2) is 0 Å². The van der Waals surface area contributed by atoms with Crippen LogP contribution in [-0.4, -0.2) is 28.2 Å². The zero-order chi connectivity index (χ0) is 12.8. The van der Waals surface area contributed by atoms with Crippen LogP contribution >= 0.6 is 11.6 Å². The lowest BCUT2D eigenvalue weighted by Gasteiger charge is -2.06. The normalized spacial score (nSPS) is 12.1. The van der Waals surface area contributed by atoms with Crippen molar-refractivity contribution in [1.82, 2.24) is 5.32 Å². The Morgan fingerprint density at radius 2 is 2.24 bits per heavy atom. The van der Waals surface area contributed by atoms with Crippen LogP contribution in [0.15, 0.2) is 18.2 Å². The summed E-state index contributed by atoms with van der Waals surface area (Å²) in [5.74, 6) is 0.774. The summed E-state index contributed by atoms with van der Waals surface area (Å²) in [7, 11) is -0.877. The molecule has 0 saturated heterocycles. The quantitative estimate of drug-likeness (QED) is 0.798. The first-order chi connectivity index (χ1) is 8.04. The van der Waals surface area contributed by atoms with Gasteiger partial charge in [0.25, 0.3) is 5.91 Å². The molecule has 17 heavy (non-hydrogen) atoms.